The monoisotopic (exact) mass is 442 g/mol. The van der Waals surface area contributed by atoms with Crippen molar-refractivity contribution in [3.8, 4) is 6.19 Å². The van der Waals surface area contributed by atoms with Crippen LogP contribution in [0.5, 0.6) is 0 Å². The molecule has 0 aliphatic heterocycles. The number of nitrogens with two attached hydrogens (primary N) is 1. The molecule has 0 fully saturated rings. The first-order valence-electron chi connectivity index (χ1n) is 6.91. The Kier molecular flexibility index (Phi) is 7.33. The lowest BCUT2D eigenvalue weighted by atomic mass is 10.3. The minimum Gasteiger partial charge on any atom is -0.369 e. The number of nitrogens with zero attached hydrogens (tertiary/aromatic N) is 5. The van der Waals surface area contributed by atoms with E-state index in [4.69, 9.17) is 15.6 Å². The molecule has 13 heteroatoms. The van der Waals surface area contributed by atoms with Crippen LogP contribution in [-0.2, 0) is 0 Å². The molecule has 0 aliphatic carbocycles. The van der Waals surface area contributed by atoms with Crippen LogP contribution in [0.2, 0.25) is 0 Å². The molecule has 0 unspecified atom stereocenters. The Morgan fingerprint density at radius 3 is 3.00 bits per heavy atom. The summed E-state index contributed by atoms with van der Waals surface area (Å²) < 4.78 is 18.2. The lowest BCUT2D eigenvalue weighted by molar-refractivity contribution is 0.234. The van der Waals surface area contributed by atoms with Gasteiger partial charge in [-0.3, -0.25) is 10.7 Å². The molecule has 136 valence electrons. The van der Waals surface area contributed by atoms with Crippen molar-refractivity contribution < 1.29 is 14.2 Å². The number of aromatic nitrogens is 2. The number of nitrogens with one attached hydrogen (secondary N) is 2. The zero-order valence-electron chi connectivity index (χ0n) is 13.0. The predicted molar refractivity (Wildman–Crippen MR) is 95.5 cm³/mol. The van der Waals surface area contributed by atoms with E-state index in [9.17, 15) is 9.60 Å². The molecule has 0 bridgehead atoms. The van der Waals surface area contributed by atoms with Gasteiger partial charge in [0.05, 0.1) is 10.2 Å². The Hall–Kier alpha value is -2.69. The number of amidine groups is 1. The van der Waals surface area contributed by atoms with E-state index in [1.54, 1.807) is 6.19 Å². The van der Waals surface area contributed by atoms with Crippen molar-refractivity contribution >= 4 is 45.2 Å². The van der Waals surface area contributed by atoms with Gasteiger partial charge in [0.2, 0.25) is 12.2 Å². The molecule has 10 nitrogen and oxygen atoms in total. The first-order valence-corrected chi connectivity index (χ1v) is 8.68. The van der Waals surface area contributed by atoms with Gasteiger partial charge in [-0.25, -0.2) is 14.0 Å². The van der Waals surface area contributed by atoms with Crippen LogP contribution in [0.3, 0.4) is 0 Å². The second-order valence-corrected chi connectivity index (χ2v) is 6.40. The van der Waals surface area contributed by atoms with E-state index in [1.807, 2.05) is 5.48 Å². The van der Waals surface area contributed by atoms with Crippen molar-refractivity contribution in [2.45, 2.75) is 5.03 Å². The highest BCUT2D eigenvalue weighted by atomic mass is 79.9. The molecular formula is C13H12BrFN8O2S. The maximum atomic E-state index is 13.3. The number of guanidine groups is 1. The third-order valence-corrected chi connectivity index (χ3v) is 4.31. The topological polar surface area (TPSA) is 158 Å². The summed E-state index contributed by atoms with van der Waals surface area (Å²) in [4.78, 5) is 7.47. The Balaban J connectivity index is 2.09. The molecule has 1 heterocycles. The Labute approximate surface area is 159 Å². The Bertz CT molecular complexity index is 866. The molecule has 0 radical (unpaired) electrons. The molecule has 0 atom stereocenters. The van der Waals surface area contributed by atoms with Gasteiger partial charge in [-0.15, -0.1) is 4.99 Å². The molecule has 26 heavy (non-hydrogen) atoms. The molecular weight excluding hydrogens is 431 g/mol. The molecule has 2 aromatic rings. The van der Waals surface area contributed by atoms with Crippen LogP contribution in [0.4, 0.5) is 10.1 Å². The van der Waals surface area contributed by atoms with Crippen molar-refractivity contribution in [2.75, 3.05) is 12.3 Å². The van der Waals surface area contributed by atoms with Crippen LogP contribution in [0, 0.1) is 17.3 Å². The molecule has 1 aromatic heterocycles. The third kappa shape index (κ3) is 5.41. The van der Waals surface area contributed by atoms with Crippen molar-refractivity contribution in [1.82, 2.24) is 21.1 Å². The summed E-state index contributed by atoms with van der Waals surface area (Å²) >= 11 is 4.31. The van der Waals surface area contributed by atoms with Gasteiger partial charge >= 0.3 is 0 Å². The molecule has 0 spiro atoms. The number of nitriles is 1. The molecule has 0 aliphatic rings. The number of hydroxylamine groups is 1. The fourth-order valence-corrected chi connectivity index (χ4v) is 2.78. The lowest BCUT2D eigenvalue weighted by Gasteiger charge is -2.05. The fourth-order valence-electron chi connectivity index (χ4n) is 1.65. The van der Waals surface area contributed by atoms with Gasteiger partial charge in [0, 0.05) is 12.3 Å². The van der Waals surface area contributed by atoms with Gasteiger partial charge in [-0.05, 0) is 44.4 Å². The van der Waals surface area contributed by atoms with Gasteiger partial charge in [0.15, 0.2) is 16.6 Å². The first kappa shape index (κ1) is 19.6. The van der Waals surface area contributed by atoms with E-state index in [0.717, 1.165) is 0 Å². The zero-order valence-corrected chi connectivity index (χ0v) is 15.4. The van der Waals surface area contributed by atoms with Gasteiger partial charge in [0.1, 0.15) is 5.82 Å². The maximum Gasteiger partial charge on any atom is 0.209 e. The van der Waals surface area contributed by atoms with E-state index in [-0.39, 0.29) is 22.0 Å². The van der Waals surface area contributed by atoms with E-state index >= 15 is 0 Å². The maximum absolute atomic E-state index is 13.3. The zero-order chi connectivity index (χ0) is 18.9. The number of aliphatic imine (C=N–C) groups is 2. The van der Waals surface area contributed by atoms with Crippen molar-refractivity contribution in [3.63, 3.8) is 0 Å². The van der Waals surface area contributed by atoms with Gasteiger partial charge in [-0.2, -0.15) is 5.26 Å². The quantitative estimate of drug-likeness (QED) is 0.130. The number of thioether (sulfide) groups is 1. The summed E-state index contributed by atoms with van der Waals surface area (Å²) in [5.41, 5.74) is 7.90. The number of benzene rings is 1. The Morgan fingerprint density at radius 1 is 1.50 bits per heavy atom. The van der Waals surface area contributed by atoms with Crippen LogP contribution >= 0.6 is 27.7 Å². The fraction of sp³-hybridized carbons (Fsp3) is 0.154. The van der Waals surface area contributed by atoms with Crippen LogP contribution in [0.1, 0.15) is 5.69 Å². The molecule has 5 N–H and O–H groups in total. The number of halogens is 2. The second kappa shape index (κ2) is 9.70. The molecule has 2 rings (SSSR count). The number of hydrogen-bond acceptors (Lipinski definition) is 8. The SMILES string of the molecule is N#CN=C(N)NCCSc1nonc1C(=Nc1ccc(F)c(Br)c1)NO. The van der Waals surface area contributed by atoms with Crippen molar-refractivity contribution in [1.29, 1.82) is 5.26 Å². The highest BCUT2D eigenvalue weighted by Gasteiger charge is 2.17. The number of rotatable bonds is 6. The second-order valence-electron chi connectivity index (χ2n) is 4.46. The average molecular weight is 443 g/mol. The summed E-state index contributed by atoms with van der Waals surface area (Å²) in [7, 11) is 0. The third-order valence-electron chi connectivity index (χ3n) is 2.75. The van der Waals surface area contributed by atoms with Gasteiger partial charge < -0.3 is 11.1 Å². The van der Waals surface area contributed by atoms with Gasteiger partial charge in [0.25, 0.3) is 0 Å². The number of hydrogen-bond donors (Lipinski definition) is 4. The average Bonchev–Trinajstić information content (AvgIpc) is 3.08. The molecule has 0 amide bonds. The van der Waals surface area contributed by atoms with E-state index < -0.39 is 5.82 Å². The summed E-state index contributed by atoms with van der Waals surface area (Å²) in [6.07, 6.45) is 1.56. The summed E-state index contributed by atoms with van der Waals surface area (Å²) in [6, 6.07) is 4.10. The highest BCUT2D eigenvalue weighted by Crippen LogP contribution is 2.24. The van der Waals surface area contributed by atoms with Crippen molar-refractivity contribution in [2.24, 2.45) is 15.7 Å². The van der Waals surface area contributed by atoms with Crippen LogP contribution < -0.4 is 16.5 Å². The summed E-state index contributed by atoms with van der Waals surface area (Å²) in [5.74, 6) is 0.0379. The molecule has 0 saturated heterocycles. The molecule has 1 aromatic carbocycles. The van der Waals surface area contributed by atoms with Crippen LogP contribution in [0.15, 0.2) is 42.3 Å². The van der Waals surface area contributed by atoms with E-state index in [0.29, 0.717) is 23.0 Å². The minimum absolute atomic E-state index is 0.00719. The van der Waals surface area contributed by atoms with E-state index in [1.165, 1.54) is 30.0 Å². The first-order chi connectivity index (χ1) is 12.5. The highest BCUT2D eigenvalue weighted by molar-refractivity contribution is 9.10. The standard InChI is InChI=1S/C13H12BrFN8O2S/c14-8-5-7(1-2-9(8)15)20-11(21-24)10-12(23-25-22-10)26-4-3-18-13(17)19-6-16/h1-2,5,24H,3-4H2,(H,20,21)(H3,17,18,19). The van der Waals surface area contributed by atoms with Crippen LogP contribution in [-0.4, -0.2) is 39.6 Å². The smallest absolute Gasteiger partial charge is 0.209 e. The van der Waals surface area contributed by atoms with Gasteiger partial charge in [-0.1, -0.05) is 11.8 Å². The van der Waals surface area contributed by atoms with E-state index in [2.05, 4.69) is 41.5 Å². The molecule has 0 saturated carbocycles. The summed E-state index contributed by atoms with van der Waals surface area (Å²) in [5, 5.41) is 28.3. The van der Waals surface area contributed by atoms with Crippen molar-refractivity contribution in [3.05, 3.63) is 34.2 Å². The predicted octanol–water partition coefficient (Wildman–Crippen LogP) is 1.51. The largest absolute Gasteiger partial charge is 0.369 e. The normalized spacial score (nSPS) is 11.9. The lowest BCUT2D eigenvalue weighted by Crippen LogP contribution is -2.32. The summed E-state index contributed by atoms with van der Waals surface area (Å²) in [6.45, 7) is 0.401. The minimum atomic E-state index is -0.437. The van der Waals surface area contributed by atoms with Crippen LogP contribution in [0.25, 0.3) is 0 Å². The Morgan fingerprint density at radius 2 is 2.31 bits per heavy atom.